The third-order valence-electron chi connectivity index (χ3n) is 12.7. The van der Waals surface area contributed by atoms with Crippen LogP contribution in [0.3, 0.4) is 0 Å². The molecule has 5 aromatic rings. The molecule has 74 heavy (non-hydrogen) atoms. The number of ether oxygens (including phenoxy) is 4. The number of nitrogens with two attached hydrogens (primary N) is 1. The molecule has 0 saturated heterocycles. The van der Waals surface area contributed by atoms with Gasteiger partial charge in [-0.05, 0) is 98.7 Å². The summed E-state index contributed by atoms with van der Waals surface area (Å²) in [7, 11) is 0. The number of cyclic esters (lactones) is 1. The fraction of sp³-hybridized carbons (Fsp3) is 0.377. The van der Waals surface area contributed by atoms with Gasteiger partial charge in [0.1, 0.15) is 50.8 Å². The second-order valence-corrected chi connectivity index (χ2v) is 17.7. The Morgan fingerprint density at radius 3 is 2.32 bits per heavy atom. The Morgan fingerprint density at radius 2 is 1.61 bits per heavy atom. The first-order valence-corrected chi connectivity index (χ1v) is 24.5. The van der Waals surface area contributed by atoms with E-state index in [4.69, 9.17) is 29.7 Å². The molecule has 3 atom stereocenters. The number of pyridine rings is 2. The lowest BCUT2D eigenvalue weighted by Crippen LogP contribution is -2.54. The number of hydrogen-bond donors (Lipinski definition) is 7. The standard InChI is InChI=1S/C53H60N8O13/c1-4-35-36-23-34(62)19-20-40(36)59-47-37(35)26-61-43(47)24-39-38(50(61)68)28-72-51(69)53(39,5-2)74-46(65)25-56-52(70)73-27-32-15-17-33(18-16-32)57-48(66)41(14-10-11-21-54)60-49(67)42(22-31-12-8-7-9-13-31)58-45(64)30-71-29-44(63)55-6-3/h7-9,12-13,15-20,23-24,41-42,62H,4-6,10-11,14,21-22,25-30,54H2,1-3H3,(H,55,63)(H,56,70)(H,57,66)(H,58,64)(H,60,67)/t41-,42-,53-/m0/s1. The Kier molecular flexibility index (Phi) is 17.8. The van der Waals surface area contributed by atoms with Crippen LogP contribution in [0.2, 0.25) is 0 Å². The van der Waals surface area contributed by atoms with Crippen LogP contribution in [0.5, 0.6) is 5.75 Å². The number of aromatic nitrogens is 2. The minimum Gasteiger partial charge on any atom is -0.508 e. The van der Waals surface area contributed by atoms with Crippen LogP contribution in [0.4, 0.5) is 10.5 Å². The zero-order valence-electron chi connectivity index (χ0n) is 41.4. The van der Waals surface area contributed by atoms with Crippen LogP contribution < -0.4 is 37.9 Å². The zero-order valence-corrected chi connectivity index (χ0v) is 41.4. The lowest BCUT2D eigenvalue weighted by molar-refractivity contribution is -0.188. The monoisotopic (exact) mass is 1020 g/mol. The summed E-state index contributed by atoms with van der Waals surface area (Å²) in [5.74, 6) is -3.95. The number of fused-ring (bicyclic) bond motifs is 5. The number of likely N-dealkylation sites (N-methyl/N-ethyl adjacent to an activating group) is 1. The molecule has 0 saturated carbocycles. The molecule has 3 aromatic carbocycles. The van der Waals surface area contributed by atoms with Crippen LogP contribution >= 0.6 is 0 Å². The SMILES string of the molecule is CCNC(=O)COCC(=O)N[C@@H](Cc1ccccc1)C(=O)N[C@@H](CCCCN)C(=O)Nc1ccc(COC(=O)NCC(=O)O[C@]2(CC)C(=O)OCc3c2cc2n(c3=O)Cc3c-2nc2ccc(O)cc2c3CC)cc1. The number of unbranched alkanes of at least 4 members (excludes halogenated alkanes) is 1. The zero-order chi connectivity index (χ0) is 52.9. The first-order chi connectivity index (χ1) is 35.7. The molecule has 2 aliphatic heterocycles. The number of carbonyl (C=O) groups excluding carboxylic acids is 7. The van der Waals surface area contributed by atoms with Crippen LogP contribution in [0.1, 0.15) is 79.8 Å². The molecule has 0 spiro atoms. The average molecular weight is 1020 g/mol. The van der Waals surface area contributed by atoms with Gasteiger partial charge in [-0.1, -0.05) is 56.3 Å². The van der Waals surface area contributed by atoms with Crippen LogP contribution in [0.25, 0.3) is 22.3 Å². The minimum absolute atomic E-state index is 0.0863. The molecular formula is C53H60N8O13. The fourth-order valence-corrected chi connectivity index (χ4v) is 9.01. The smallest absolute Gasteiger partial charge is 0.407 e. The number of alkyl carbamates (subject to hydrolysis) is 1. The van der Waals surface area contributed by atoms with Crippen molar-refractivity contribution in [1.29, 1.82) is 0 Å². The van der Waals surface area contributed by atoms with Crippen LogP contribution in [-0.2, 0) is 85.9 Å². The largest absolute Gasteiger partial charge is 0.508 e. The van der Waals surface area contributed by atoms with Gasteiger partial charge in [-0.25, -0.2) is 14.6 Å². The van der Waals surface area contributed by atoms with Crippen LogP contribution in [0, 0.1) is 0 Å². The van der Waals surface area contributed by atoms with Crippen molar-refractivity contribution in [3.8, 4) is 17.1 Å². The van der Waals surface area contributed by atoms with Crippen LogP contribution in [-0.4, -0.2) is 101 Å². The number of anilines is 1. The van der Waals surface area contributed by atoms with E-state index in [2.05, 4.69) is 26.6 Å². The first kappa shape index (κ1) is 53.6. The predicted octanol–water partition coefficient (Wildman–Crippen LogP) is 3.26. The minimum atomic E-state index is -2.01. The van der Waals surface area contributed by atoms with Gasteiger partial charge in [0.05, 0.1) is 29.0 Å². The number of carbonyl (C=O) groups is 7. The highest BCUT2D eigenvalue weighted by Gasteiger charge is 2.50. The number of phenols is 1. The van der Waals surface area contributed by atoms with E-state index >= 15 is 0 Å². The number of aromatic hydroxyl groups is 1. The third kappa shape index (κ3) is 12.5. The van der Waals surface area contributed by atoms with Crippen molar-refractivity contribution in [2.45, 2.75) is 96.7 Å². The number of amides is 5. The van der Waals surface area contributed by atoms with Gasteiger partial charge in [0.2, 0.25) is 29.2 Å². The molecule has 5 amide bonds. The van der Waals surface area contributed by atoms with E-state index < -0.39 is 78.1 Å². The number of nitrogens with one attached hydrogen (secondary N) is 5. The van der Waals surface area contributed by atoms with Crippen molar-refractivity contribution in [3.63, 3.8) is 0 Å². The molecule has 0 unspecified atom stereocenters. The van der Waals surface area contributed by atoms with Gasteiger partial charge in [0, 0.05) is 35.2 Å². The van der Waals surface area contributed by atoms with Crippen molar-refractivity contribution in [2.75, 3.05) is 38.2 Å². The van der Waals surface area contributed by atoms with Crippen molar-refractivity contribution in [1.82, 2.24) is 30.8 Å². The summed E-state index contributed by atoms with van der Waals surface area (Å²) >= 11 is 0. The van der Waals surface area contributed by atoms with Gasteiger partial charge < -0.3 is 60.9 Å². The van der Waals surface area contributed by atoms with E-state index in [1.807, 2.05) is 13.0 Å². The van der Waals surface area contributed by atoms with Gasteiger partial charge >= 0.3 is 18.0 Å². The Balaban J connectivity index is 0.946. The Bertz CT molecular complexity index is 2980. The quantitative estimate of drug-likeness (QED) is 0.0275. The van der Waals surface area contributed by atoms with Gasteiger partial charge in [0.15, 0.2) is 0 Å². The number of nitrogens with zero attached hydrogens (tertiary/aromatic N) is 2. The number of benzene rings is 3. The molecule has 0 aliphatic carbocycles. The predicted molar refractivity (Wildman–Crippen MR) is 269 cm³/mol. The first-order valence-electron chi connectivity index (χ1n) is 24.5. The highest BCUT2D eigenvalue weighted by atomic mass is 16.6. The maximum absolute atomic E-state index is 14.1. The number of phenolic OH excluding ortho intramolecular Hbond substituents is 1. The highest BCUT2D eigenvalue weighted by Crippen LogP contribution is 2.42. The van der Waals surface area contributed by atoms with E-state index in [0.717, 1.165) is 22.1 Å². The number of aryl methyl sites for hydroxylation is 1. The van der Waals surface area contributed by atoms with Gasteiger partial charge in [-0.15, -0.1) is 0 Å². The van der Waals surface area contributed by atoms with Gasteiger partial charge in [0.25, 0.3) is 5.56 Å². The summed E-state index contributed by atoms with van der Waals surface area (Å²) < 4.78 is 23.4. The Hall–Kier alpha value is -8.17. The summed E-state index contributed by atoms with van der Waals surface area (Å²) in [4.78, 5) is 111. The van der Waals surface area contributed by atoms with Crippen molar-refractivity contribution in [2.24, 2.45) is 5.73 Å². The van der Waals surface area contributed by atoms with E-state index in [0.29, 0.717) is 60.5 Å². The van der Waals surface area contributed by atoms with E-state index in [-0.39, 0.29) is 62.5 Å². The second kappa shape index (κ2) is 24.5. The summed E-state index contributed by atoms with van der Waals surface area (Å²) in [5, 5.41) is 24.1. The van der Waals surface area contributed by atoms with Gasteiger partial charge in [-0.2, -0.15) is 0 Å². The molecule has 2 aromatic heterocycles. The summed E-state index contributed by atoms with van der Waals surface area (Å²) in [6, 6.07) is 19.7. The number of esters is 2. The molecule has 0 bridgehead atoms. The molecule has 7 rings (SSSR count). The van der Waals surface area contributed by atoms with Gasteiger partial charge in [-0.3, -0.25) is 28.8 Å². The lowest BCUT2D eigenvalue weighted by atomic mass is 9.85. The molecule has 4 heterocycles. The van der Waals surface area contributed by atoms with E-state index in [1.54, 1.807) is 85.1 Å². The van der Waals surface area contributed by atoms with Crippen LogP contribution in [0.15, 0.2) is 83.7 Å². The second-order valence-electron chi connectivity index (χ2n) is 17.7. The maximum Gasteiger partial charge on any atom is 0.407 e. The number of hydrogen-bond acceptors (Lipinski definition) is 15. The normalized spacial score (nSPS) is 15.1. The molecule has 390 valence electrons. The topological polar surface area (TPSA) is 298 Å². The van der Waals surface area contributed by atoms with E-state index in [1.165, 1.54) is 6.07 Å². The molecule has 21 nitrogen and oxygen atoms in total. The Morgan fingerprint density at radius 1 is 0.851 bits per heavy atom. The summed E-state index contributed by atoms with van der Waals surface area (Å²) in [6.45, 7) is 4.23. The fourth-order valence-electron chi connectivity index (χ4n) is 9.01. The van der Waals surface area contributed by atoms with Crippen molar-refractivity contribution in [3.05, 3.63) is 123 Å². The van der Waals surface area contributed by atoms with Crippen molar-refractivity contribution < 1.29 is 57.6 Å². The van der Waals surface area contributed by atoms with E-state index in [9.17, 15) is 43.5 Å². The lowest BCUT2D eigenvalue weighted by Gasteiger charge is -2.35. The Labute approximate surface area is 425 Å². The average Bonchev–Trinajstić information content (AvgIpc) is 3.76. The highest BCUT2D eigenvalue weighted by molar-refractivity contribution is 5.98. The number of rotatable bonds is 23. The molecule has 8 N–H and O–H groups in total. The summed E-state index contributed by atoms with van der Waals surface area (Å²) in [6.07, 6.45) is 0.966. The molecule has 21 heteroatoms. The third-order valence-corrected chi connectivity index (χ3v) is 12.7. The summed E-state index contributed by atoms with van der Waals surface area (Å²) in [5.41, 5.74) is 8.54. The molecule has 0 radical (unpaired) electrons. The molecule has 0 fully saturated rings. The molecule has 2 aliphatic rings. The van der Waals surface area contributed by atoms with Crippen molar-refractivity contribution >= 4 is 58.3 Å². The maximum atomic E-state index is 14.1. The molecular weight excluding hydrogens is 957 g/mol.